The number of aromatic nitrogens is 3. The summed E-state index contributed by atoms with van der Waals surface area (Å²) in [5.74, 6) is 0.270. The van der Waals surface area contributed by atoms with Crippen LogP contribution in [0.5, 0.6) is 0 Å². The number of fused-ring (bicyclic) bond motifs is 1. The maximum absolute atomic E-state index is 12.4. The monoisotopic (exact) mass is 305 g/mol. The molecular formula is C17H15N5O. The fourth-order valence-electron chi connectivity index (χ4n) is 2.35. The summed E-state index contributed by atoms with van der Waals surface area (Å²) in [7, 11) is 0. The average Bonchev–Trinajstić information content (AvgIpc) is 2.91. The largest absolute Gasteiger partial charge is 0.305 e. The molecule has 2 heterocycles. The van der Waals surface area contributed by atoms with Gasteiger partial charge in [0.25, 0.3) is 5.91 Å². The third-order valence-corrected chi connectivity index (χ3v) is 3.41. The number of benzene rings is 1. The van der Waals surface area contributed by atoms with Gasteiger partial charge in [-0.3, -0.25) is 4.79 Å². The van der Waals surface area contributed by atoms with Crippen molar-refractivity contribution in [1.82, 2.24) is 14.8 Å². The molecule has 1 aromatic carbocycles. The average molecular weight is 305 g/mol. The lowest BCUT2D eigenvalue weighted by Crippen LogP contribution is -2.17. The second kappa shape index (κ2) is 6.28. The highest BCUT2D eigenvalue weighted by molar-refractivity contribution is 6.03. The van der Waals surface area contributed by atoms with Crippen molar-refractivity contribution in [3.05, 3.63) is 53.9 Å². The molecule has 1 N–H and O–H groups in total. The van der Waals surface area contributed by atoms with Gasteiger partial charge in [-0.05, 0) is 19.1 Å². The predicted molar refractivity (Wildman–Crippen MR) is 86.9 cm³/mol. The molecular weight excluding hydrogens is 290 g/mol. The summed E-state index contributed by atoms with van der Waals surface area (Å²) in [4.78, 5) is 16.8. The molecule has 0 unspecified atom stereocenters. The minimum absolute atomic E-state index is 0.297. The Hall–Kier alpha value is -3.20. The van der Waals surface area contributed by atoms with Crippen molar-refractivity contribution in [2.75, 3.05) is 5.32 Å². The Kier molecular flexibility index (Phi) is 4.02. The van der Waals surface area contributed by atoms with Crippen LogP contribution in [0.4, 0.5) is 5.82 Å². The van der Waals surface area contributed by atoms with Crippen LogP contribution in [0.1, 0.15) is 22.6 Å². The van der Waals surface area contributed by atoms with Gasteiger partial charge in [0.2, 0.25) is 0 Å². The maximum Gasteiger partial charge on any atom is 0.275 e. The van der Waals surface area contributed by atoms with E-state index in [1.165, 1.54) is 0 Å². The van der Waals surface area contributed by atoms with E-state index in [0.29, 0.717) is 24.5 Å². The molecule has 0 aliphatic heterocycles. The highest BCUT2D eigenvalue weighted by Gasteiger charge is 2.12. The standard InChI is InChI=1S/C17H15N5O/c1-12-11-16(22(21-12)10-4-9-18)20-17(23)15-8-7-13-5-2-3-6-14(13)19-15/h2-3,5-8,11H,4,10H2,1H3,(H,20,23). The number of para-hydroxylation sites is 1. The van der Waals surface area contributed by atoms with Crippen molar-refractivity contribution in [2.45, 2.75) is 19.9 Å². The smallest absolute Gasteiger partial charge is 0.275 e. The van der Waals surface area contributed by atoms with Crippen LogP contribution in [0, 0.1) is 18.3 Å². The van der Waals surface area contributed by atoms with Gasteiger partial charge in [0.05, 0.1) is 30.2 Å². The third kappa shape index (κ3) is 3.19. The zero-order chi connectivity index (χ0) is 16.2. The van der Waals surface area contributed by atoms with Gasteiger partial charge >= 0.3 is 0 Å². The Labute approximate surface area is 133 Å². The minimum Gasteiger partial charge on any atom is -0.305 e. The van der Waals surface area contributed by atoms with Crippen molar-refractivity contribution < 1.29 is 4.79 Å². The fourth-order valence-corrected chi connectivity index (χ4v) is 2.35. The number of nitrogens with zero attached hydrogens (tertiary/aromatic N) is 4. The molecule has 0 saturated heterocycles. The molecule has 0 spiro atoms. The van der Waals surface area contributed by atoms with Gasteiger partial charge in [-0.15, -0.1) is 0 Å². The molecule has 6 nitrogen and oxygen atoms in total. The summed E-state index contributed by atoms with van der Waals surface area (Å²) in [6, 6.07) is 15.0. The molecule has 3 aromatic rings. The predicted octanol–water partition coefficient (Wildman–Crippen LogP) is 2.91. The van der Waals surface area contributed by atoms with Crippen molar-refractivity contribution in [2.24, 2.45) is 0 Å². The van der Waals surface area contributed by atoms with Crippen LogP contribution in [0.15, 0.2) is 42.5 Å². The molecule has 0 fully saturated rings. The number of rotatable bonds is 4. The summed E-state index contributed by atoms with van der Waals surface area (Å²) in [6.07, 6.45) is 0.332. The number of hydrogen-bond acceptors (Lipinski definition) is 4. The summed E-state index contributed by atoms with van der Waals surface area (Å²) in [5.41, 5.74) is 1.90. The van der Waals surface area contributed by atoms with Crippen LogP contribution in [-0.2, 0) is 6.54 Å². The Morgan fingerprint density at radius 3 is 2.96 bits per heavy atom. The van der Waals surface area contributed by atoms with Gasteiger partial charge in [-0.25, -0.2) is 9.67 Å². The molecule has 0 radical (unpaired) electrons. The summed E-state index contributed by atoms with van der Waals surface area (Å²) in [5, 5.41) is 16.8. The Balaban J connectivity index is 1.84. The van der Waals surface area contributed by atoms with Crippen LogP contribution in [0.2, 0.25) is 0 Å². The molecule has 6 heteroatoms. The van der Waals surface area contributed by atoms with Crippen LogP contribution in [0.3, 0.4) is 0 Å². The van der Waals surface area contributed by atoms with E-state index >= 15 is 0 Å². The van der Waals surface area contributed by atoms with Crippen LogP contribution in [-0.4, -0.2) is 20.7 Å². The van der Waals surface area contributed by atoms with Crippen molar-refractivity contribution in [3.8, 4) is 6.07 Å². The number of hydrogen-bond donors (Lipinski definition) is 1. The first-order valence-corrected chi connectivity index (χ1v) is 7.26. The summed E-state index contributed by atoms with van der Waals surface area (Å²) < 4.78 is 1.62. The minimum atomic E-state index is -0.297. The van der Waals surface area contributed by atoms with Crippen LogP contribution < -0.4 is 5.32 Å². The number of anilines is 1. The Morgan fingerprint density at radius 1 is 1.30 bits per heavy atom. The van der Waals surface area contributed by atoms with Gasteiger partial charge in [0.15, 0.2) is 0 Å². The van der Waals surface area contributed by atoms with Gasteiger partial charge in [0, 0.05) is 11.5 Å². The second-order valence-electron chi connectivity index (χ2n) is 5.15. The van der Waals surface area contributed by atoms with Gasteiger partial charge in [-0.2, -0.15) is 10.4 Å². The Bertz CT molecular complexity index is 907. The lowest BCUT2D eigenvalue weighted by molar-refractivity contribution is 0.102. The lowest BCUT2D eigenvalue weighted by atomic mass is 10.2. The Morgan fingerprint density at radius 2 is 2.13 bits per heavy atom. The van der Waals surface area contributed by atoms with Crippen LogP contribution >= 0.6 is 0 Å². The van der Waals surface area contributed by atoms with E-state index in [2.05, 4.69) is 21.5 Å². The molecule has 0 aliphatic rings. The fraction of sp³-hybridized carbons (Fsp3) is 0.176. The van der Waals surface area contributed by atoms with E-state index in [1.54, 1.807) is 16.8 Å². The van der Waals surface area contributed by atoms with E-state index in [0.717, 1.165) is 16.6 Å². The van der Waals surface area contributed by atoms with Crippen LogP contribution in [0.25, 0.3) is 10.9 Å². The molecule has 1 amide bonds. The molecule has 0 atom stereocenters. The van der Waals surface area contributed by atoms with Crippen molar-refractivity contribution in [3.63, 3.8) is 0 Å². The summed E-state index contributed by atoms with van der Waals surface area (Å²) in [6.45, 7) is 2.28. The zero-order valence-corrected chi connectivity index (χ0v) is 12.7. The number of amides is 1. The number of aryl methyl sites for hydroxylation is 2. The number of pyridine rings is 1. The molecule has 23 heavy (non-hydrogen) atoms. The third-order valence-electron chi connectivity index (χ3n) is 3.41. The first-order valence-electron chi connectivity index (χ1n) is 7.26. The van der Waals surface area contributed by atoms with E-state index in [1.807, 2.05) is 37.3 Å². The molecule has 0 bridgehead atoms. The lowest BCUT2D eigenvalue weighted by Gasteiger charge is -2.07. The molecule has 0 aliphatic carbocycles. The SMILES string of the molecule is Cc1cc(NC(=O)c2ccc3ccccc3n2)n(CCC#N)n1. The zero-order valence-electron chi connectivity index (χ0n) is 12.7. The van der Waals surface area contributed by atoms with Crippen molar-refractivity contribution in [1.29, 1.82) is 5.26 Å². The second-order valence-corrected chi connectivity index (χ2v) is 5.15. The van der Waals surface area contributed by atoms with E-state index < -0.39 is 0 Å². The van der Waals surface area contributed by atoms with Gasteiger partial charge in [-0.1, -0.05) is 24.3 Å². The van der Waals surface area contributed by atoms with Gasteiger partial charge in [0.1, 0.15) is 11.5 Å². The molecule has 114 valence electrons. The number of nitriles is 1. The van der Waals surface area contributed by atoms with E-state index in [4.69, 9.17) is 5.26 Å². The first kappa shape index (κ1) is 14.7. The maximum atomic E-state index is 12.4. The molecule has 2 aromatic heterocycles. The van der Waals surface area contributed by atoms with E-state index in [9.17, 15) is 4.79 Å². The normalized spacial score (nSPS) is 10.4. The number of carbonyl (C=O) groups excluding carboxylic acids is 1. The highest BCUT2D eigenvalue weighted by Crippen LogP contribution is 2.15. The van der Waals surface area contributed by atoms with Crippen molar-refractivity contribution >= 4 is 22.6 Å². The van der Waals surface area contributed by atoms with Gasteiger partial charge < -0.3 is 5.32 Å². The molecule has 0 saturated carbocycles. The quantitative estimate of drug-likeness (QED) is 0.803. The number of nitrogens with one attached hydrogen (secondary N) is 1. The highest BCUT2D eigenvalue weighted by atomic mass is 16.2. The van der Waals surface area contributed by atoms with E-state index in [-0.39, 0.29) is 5.91 Å². The first-order chi connectivity index (χ1) is 11.2. The topological polar surface area (TPSA) is 83.6 Å². The molecule has 3 rings (SSSR count). The summed E-state index contributed by atoms with van der Waals surface area (Å²) >= 11 is 0. The number of carbonyl (C=O) groups is 1.